The molecule has 2 aliphatic rings. The van der Waals surface area contributed by atoms with Crippen molar-refractivity contribution in [3.05, 3.63) is 41.7 Å². The van der Waals surface area contributed by atoms with Gasteiger partial charge in [-0.05, 0) is 57.1 Å². The molecule has 0 radical (unpaired) electrons. The average molecular weight is 396 g/mol. The van der Waals surface area contributed by atoms with Gasteiger partial charge in [-0.2, -0.15) is 5.10 Å². The molecule has 1 amide bonds. The Bertz CT molecular complexity index is 918. The Morgan fingerprint density at radius 1 is 1.17 bits per heavy atom. The summed E-state index contributed by atoms with van der Waals surface area (Å²) in [6.45, 7) is 7.99. The van der Waals surface area contributed by atoms with E-state index in [1.54, 1.807) is 0 Å². The minimum Gasteiger partial charge on any atom is -0.444 e. The number of rotatable bonds is 3. The van der Waals surface area contributed by atoms with Gasteiger partial charge in [0.05, 0.1) is 6.20 Å². The Kier molecular flexibility index (Phi) is 5.19. The zero-order chi connectivity index (χ0) is 20.6. The number of ether oxygens (including phenoxy) is 1. The lowest BCUT2D eigenvalue weighted by molar-refractivity contribution is 0.0177. The lowest BCUT2D eigenvalue weighted by Crippen LogP contribution is -2.42. The largest absolute Gasteiger partial charge is 0.444 e. The molecule has 0 atom stereocenters. The molecular formula is C23H29N3O3. The highest BCUT2D eigenvalue weighted by Crippen LogP contribution is 2.28. The number of Topliss-reactive ketones (excluding diaryl/α,β-unsaturated/α-hetero) is 1. The molecule has 4 rings (SSSR count). The number of aromatic nitrogens is 2. The van der Waals surface area contributed by atoms with E-state index in [4.69, 9.17) is 4.74 Å². The van der Waals surface area contributed by atoms with Crippen molar-refractivity contribution >= 4 is 11.9 Å². The number of likely N-dealkylation sites (tertiary alicyclic amines) is 1. The maximum absolute atomic E-state index is 12.2. The highest BCUT2D eigenvalue weighted by atomic mass is 16.6. The van der Waals surface area contributed by atoms with Crippen LogP contribution in [-0.4, -0.2) is 45.2 Å². The van der Waals surface area contributed by atoms with Crippen LogP contribution in [0, 0.1) is 5.92 Å². The van der Waals surface area contributed by atoms with Gasteiger partial charge in [-0.25, -0.2) is 4.79 Å². The second-order valence-electron chi connectivity index (χ2n) is 9.16. The second-order valence-corrected chi connectivity index (χ2v) is 9.16. The van der Waals surface area contributed by atoms with E-state index in [-0.39, 0.29) is 11.9 Å². The van der Waals surface area contributed by atoms with Gasteiger partial charge >= 0.3 is 6.09 Å². The Morgan fingerprint density at radius 3 is 2.66 bits per heavy atom. The van der Waals surface area contributed by atoms with Gasteiger partial charge in [-0.15, -0.1) is 0 Å². The van der Waals surface area contributed by atoms with Gasteiger partial charge < -0.3 is 9.64 Å². The van der Waals surface area contributed by atoms with Crippen molar-refractivity contribution in [2.45, 2.75) is 58.6 Å². The predicted octanol–water partition coefficient (Wildman–Crippen LogP) is 4.33. The third-order valence-corrected chi connectivity index (χ3v) is 5.71. The van der Waals surface area contributed by atoms with Gasteiger partial charge in [0.15, 0.2) is 5.78 Å². The van der Waals surface area contributed by atoms with Crippen molar-refractivity contribution in [2.24, 2.45) is 5.92 Å². The van der Waals surface area contributed by atoms with E-state index in [0.717, 1.165) is 61.2 Å². The van der Waals surface area contributed by atoms with E-state index >= 15 is 0 Å². The van der Waals surface area contributed by atoms with Crippen molar-refractivity contribution < 1.29 is 14.3 Å². The van der Waals surface area contributed by atoms with Crippen molar-refractivity contribution in [2.75, 3.05) is 13.1 Å². The molecule has 1 aromatic carbocycles. The van der Waals surface area contributed by atoms with Crippen LogP contribution in [0.2, 0.25) is 0 Å². The number of benzene rings is 1. The lowest BCUT2D eigenvalue weighted by Gasteiger charge is -2.33. The second kappa shape index (κ2) is 7.65. The Morgan fingerprint density at radius 2 is 1.93 bits per heavy atom. The fourth-order valence-electron chi connectivity index (χ4n) is 4.14. The number of ketones is 1. The van der Waals surface area contributed by atoms with E-state index in [2.05, 4.69) is 17.4 Å². The van der Waals surface area contributed by atoms with Gasteiger partial charge in [-0.3, -0.25) is 9.48 Å². The highest BCUT2D eigenvalue weighted by molar-refractivity contribution is 6.00. The van der Waals surface area contributed by atoms with Crippen LogP contribution in [0.25, 0.3) is 11.1 Å². The average Bonchev–Trinajstić information content (AvgIpc) is 3.28. The summed E-state index contributed by atoms with van der Waals surface area (Å²) in [7, 11) is 0. The molecule has 0 spiro atoms. The number of aryl methyl sites for hydroxylation is 1. The number of carbonyl (C=O) groups excluding carboxylic acids is 2. The molecule has 1 aliphatic heterocycles. The predicted molar refractivity (Wildman–Crippen MR) is 111 cm³/mol. The van der Waals surface area contributed by atoms with Gasteiger partial charge in [0.1, 0.15) is 5.60 Å². The zero-order valence-corrected chi connectivity index (χ0v) is 17.5. The first kappa shape index (κ1) is 19.7. The van der Waals surface area contributed by atoms with E-state index in [1.165, 1.54) is 0 Å². The standard InChI is InChI=1S/C23H29N3O3/c1-23(2,3)29-22(28)25-10-8-16(9-11-25)14-26-15-19(13-24-26)17-4-6-20-18(12-17)5-7-21(20)27/h4,6,12-13,15-16H,5,7-11,14H2,1-3H3. The maximum Gasteiger partial charge on any atom is 0.410 e. The summed E-state index contributed by atoms with van der Waals surface area (Å²) in [6, 6.07) is 6.09. The number of nitrogens with zero attached hydrogens (tertiary/aromatic N) is 3. The molecule has 2 aromatic rings. The van der Waals surface area contributed by atoms with Crippen LogP contribution in [0.3, 0.4) is 0 Å². The fourth-order valence-corrected chi connectivity index (χ4v) is 4.14. The van der Waals surface area contributed by atoms with Crippen molar-refractivity contribution in [3.8, 4) is 11.1 Å². The summed E-state index contributed by atoms with van der Waals surface area (Å²) in [4.78, 5) is 25.8. The van der Waals surface area contributed by atoms with Gasteiger partial charge in [-0.1, -0.05) is 18.2 Å². The maximum atomic E-state index is 12.2. The third-order valence-electron chi connectivity index (χ3n) is 5.71. The van der Waals surface area contributed by atoms with Crippen LogP contribution < -0.4 is 0 Å². The number of hydrogen-bond acceptors (Lipinski definition) is 4. The third kappa shape index (κ3) is 4.52. The molecule has 1 saturated heterocycles. The zero-order valence-electron chi connectivity index (χ0n) is 17.5. The van der Waals surface area contributed by atoms with Crippen LogP contribution in [0.1, 0.15) is 56.0 Å². The Labute approximate surface area is 171 Å². The molecule has 0 N–H and O–H groups in total. The molecule has 0 bridgehead atoms. The topological polar surface area (TPSA) is 64.4 Å². The summed E-state index contributed by atoms with van der Waals surface area (Å²) in [5.74, 6) is 0.749. The van der Waals surface area contributed by atoms with Gasteiger partial charge in [0.2, 0.25) is 0 Å². The molecule has 1 aromatic heterocycles. The monoisotopic (exact) mass is 395 g/mol. The number of piperidine rings is 1. The minimum absolute atomic E-state index is 0.215. The molecule has 6 nitrogen and oxygen atoms in total. The molecule has 1 fully saturated rings. The number of carbonyl (C=O) groups is 2. The van der Waals surface area contributed by atoms with Crippen LogP contribution >= 0.6 is 0 Å². The number of hydrogen-bond donors (Lipinski definition) is 0. The van der Waals surface area contributed by atoms with Gasteiger partial charge in [0.25, 0.3) is 0 Å². The molecule has 1 aliphatic carbocycles. The molecule has 29 heavy (non-hydrogen) atoms. The minimum atomic E-state index is -0.454. The van der Waals surface area contributed by atoms with Gasteiger partial charge in [0, 0.05) is 43.4 Å². The lowest BCUT2D eigenvalue weighted by atomic mass is 9.97. The van der Waals surface area contributed by atoms with E-state index in [9.17, 15) is 9.59 Å². The molecule has 0 saturated carbocycles. The summed E-state index contributed by atoms with van der Waals surface area (Å²) >= 11 is 0. The van der Waals surface area contributed by atoms with E-state index < -0.39 is 5.60 Å². The Balaban J connectivity index is 1.34. The first-order valence-electron chi connectivity index (χ1n) is 10.5. The highest BCUT2D eigenvalue weighted by Gasteiger charge is 2.27. The summed E-state index contributed by atoms with van der Waals surface area (Å²) < 4.78 is 7.47. The molecule has 2 heterocycles. The number of fused-ring (bicyclic) bond motifs is 1. The molecule has 6 heteroatoms. The normalized spacial score (nSPS) is 17.5. The molecule has 154 valence electrons. The van der Waals surface area contributed by atoms with Crippen molar-refractivity contribution in [3.63, 3.8) is 0 Å². The van der Waals surface area contributed by atoms with Crippen LogP contribution in [0.4, 0.5) is 4.79 Å². The summed E-state index contributed by atoms with van der Waals surface area (Å²) in [5.41, 5.74) is 3.76. The SMILES string of the molecule is CC(C)(C)OC(=O)N1CCC(Cn2cc(-c3ccc4c(c3)CCC4=O)cn2)CC1. The summed E-state index contributed by atoms with van der Waals surface area (Å²) in [5, 5.41) is 4.54. The van der Waals surface area contributed by atoms with E-state index in [0.29, 0.717) is 12.3 Å². The van der Waals surface area contributed by atoms with Crippen LogP contribution in [-0.2, 0) is 17.7 Å². The summed E-state index contributed by atoms with van der Waals surface area (Å²) in [6.07, 6.45) is 7.14. The van der Waals surface area contributed by atoms with Crippen molar-refractivity contribution in [1.29, 1.82) is 0 Å². The first-order valence-corrected chi connectivity index (χ1v) is 10.5. The fraction of sp³-hybridized carbons (Fsp3) is 0.522. The Hall–Kier alpha value is -2.63. The molecular weight excluding hydrogens is 366 g/mol. The first-order chi connectivity index (χ1) is 13.8. The number of amides is 1. The van der Waals surface area contributed by atoms with Crippen LogP contribution in [0.5, 0.6) is 0 Å². The quantitative estimate of drug-likeness (QED) is 0.776. The smallest absolute Gasteiger partial charge is 0.410 e. The van der Waals surface area contributed by atoms with Crippen LogP contribution in [0.15, 0.2) is 30.6 Å². The molecule has 0 unspecified atom stereocenters. The van der Waals surface area contributed by atoms with Crippen molar-refractivity contribution in [1.82, 2.24) is 14.7 Å². The van der Waals surface area contributed by atoms with E-state index in [1.807, 2.05) is 48.7 Å².